The highest BCUT2D eigenvalue weighted by Gasteiger charge is 2.22. The first-order valence-corrected chi connectivity index (χ1v) is 11.5. The molecular weight excluding hydrogens is 412 g/mol. The lowest BCUT2D eigenvalue weighted by atomic mass is 10.0. The van der Waals surface area contributed by atoms with E-state index in [4.69, 9.17) is 0 Å². The molecule has 0 unspecified atom stereocenters. The van der Waals surface area contributed by atoms with Crippen molar-refractivity contribution in [2.75, 3.05) is 28.6 Å². The summed E-state index contributed by atoms with van der Waals surface area (Å²) in [4.78, 5) is 27.3. The van der Waals surface area contributed by atoms with Crippen molar-refractivity contribution in [1.82, 2.24) is 0 Å². The van der Waals surface area contributed by atoms with Crippen LogP contribution in [0.4, 0.5) is 17.1 Å². The zero-order valence-corrected chi connectivity index (χ0v) is 18.8. The van der Waals surface area contributed by atoms with E-state index in [0.29, 0.717) is 12.1 Å². The number of piperidine rings is 1. The van der Waals surface area contributed by atoms with E-state index in [1.807, 2.05) is 71.6 Å². The lowest BCUT2D eigenvalue weighted by Crippen LogP contribution is -2.51. The van der Waals surface area contributed by atoms with Crippen molar-refractivity contribution < 1.29 is 15.3 Å². The predicted molar refractivity (Wildman–Crippen MR) is 132 cm³/mol. The molecule has 3 aromatic rings. The Morgan fingerprint density at radius 3 is 2.45 bits per heavy atom. The Hall–Kier alpha value is -3.64. The molecule has 33 heavy (non-hydrogen) atoms. The van der Waals surface area contributed by atoms with Crippen LogP contribution in [-0.2, 0) is 16.0 Å². The van der Waals surface area contributed by atoms with E-state index < -0.39 is 6.04 Å². The number of nitrogens with one attached hydrogen (secondary N) is 2. The molecule has 1 atom stereocenters. The molecule has 6 heteroatoms. The fraction of sp³-hybridized carbons (Fsp3) is 0.259. The third-order valence-electron chi connectivity index (χ3n) is 5.87. The fourth-order valence-electron chi connectivity index (χ4n) is 4.15. The van der Waals surface area contributed by atoms with Gasteiger partial charge in [0.15, 0.2) is 0 Å². The van der Waals surface area contributed by atoms with Gasteiger partial charge in [-0.3, -0.25) is 9.59 Å². The smallest absolute Gasteiger partial charge is 0.251 e. The number of benzene rings is 3. The molecule has 6 nitrogen and oxygen atoms in total. The zero-order valence-electron chi connectivity index (χ0n) is 18.8. The van der Waals surface area contributed by atoms with Crippen molar-refractivity contribution in [1.29, 1.82) is 0 Å². The summed E-state index contributed by atoms with van der Waals surface area (Å²) in [6.45, 7) is 1.57. The lowest BCUT2D eigenvalue weighted by Gasteiger charge is -2.27. The minimum absolute atomic E-state index is 0.148. The standard InChI is InChI=1S/C27H30N4O2/c28-17-16-20-7-6-10-23(19-20)29-26(21-8-2-1-3-9-21)27(33)30-22-12-14-24(15-13-22)31-18-5-4-11-25(31)32/h1-3,6-10,12-15,19,26,29H,4-5,11,16-18,28H2,(H,30,33)/p+1/t26-/m0/s1. The van der Waals surface area contributed by atoms with Gasteiger partial charge in [-0.05, 0) is 60.4 Å². The normalized spacial score (nSPS) is 14.6. The van der Waals surface area contributed by atoms with Gasteiger partial charge in [-0.1, -0.05) is 42.5 Å². The van der Waals surface area contributed by atoms with Gasteiger partial charge in [0.1, 0.15) is 6.04 Å². The summed E-state index contributed by atoms with van der Waals surface area (Å²) in [7, 11) is 0. The van der Waals surface area contributed by atoms with Crippen molar-refractivity contribution in [3.63, 3.8) is 0 Å². The minimum atomic E-state index is -0.551. The molecule has 1 heterocycles. The van der Waals surface area contributed by atoms with Crippen LogP contribution in [0.1, 0.15) is 36.4 Å². The van der Waals surface area contributed by atoms with Gasteiger partial charge in [0.2, 0.25) is 5.91 Å². The molecule has 1 fully saturated rings. The number of rotatable bonds is 8. The van der Waals surface area contributed by atoms with E-state index in [2.05, 4.69) is 28.5 Å². The fourth-order valence-corrected chi connectivity index (χ4v) is 4.15. The van der Waals surface area contributed by atoms with Gasteiger partial charge >= 0.3 is 0 Å². The molecule has 0 bridgehead atoms. The first-order chi connectivity index (χ1) is 16.1. The number of nitrogens with zero attached hydrogens (tertiary/aromatic N) is 1. The van der Waals surface area contributed by atoms with Crippen LogP contribution in [0.25, 0.3) is 0 Å². The highest BCUT2D eigenvalue weighted by Crippen LogP contribution is 2.25. The van der Waals surface area contributed by atoms with E-state index in [1.54, 1.807) is 0 Å². The first kappa shape index (κ1) is 22.6. The maximum atomic E-state index is 13.3. The van der Waals surface area contributed by atoms with E-state index in [-0.39, 0.29) is 11.8 Å². The number of amides is 2. The minimum Gasteiger partial charge on any atom is -0.370 e. The van der Waals surface area contributed by atoms with Gasteiger partial charge in [-0.2, -0.15) is 0 Å². The van der Waals surface area contributed by atoms with Gasteiger partial charge in [0.25, 0.3) is 5.91 Å². The number of hydrogen-bond acceptors (Lipinski definition) is 3. The van der Waals surface area contributed by atoms with Crippen LogP contribution in [0, 0.1) is 0 Å². The molecule has 1 aliphatic rings. The number of hydrogen-bond donors (Lipinski definition) is 3. The van der Waals surface area contributed by atoms with Crippen LogP contribution in [-0.4, -0.2) is 24.9 Å². The molecule has 0 aliphatic carbocycles. The van der Waals surface area contributed by atoms with Gasteiger partial charge in [-0.25, -0.2) is 0 Å². The number of quaternary nitrogens is 1. The van der Waals surface area contributed by atoms with Crippen LogP contribution >= 0.6 is 0 Å². The van der Waals surface area contributed by atoms with Gasteiger partial charge < -0.3 is 21.3 Å². The van der Waals surface area contributed by atoms with Crippen LogP contribution < -0.4 is 21.3 Å². The quantitative estimate of drug-likeness (QED) is 0.495. The summed E-state index contributed by atoms with van der Waals surface area (Å²) in [6.07, 6.45) is 3.46. The molecule has 0 saturated carbocycles. The van der Waals surface area contributed by atoms with Crippen LogP contribution in [0.3, 0.4) is 0 Å². The highest BCUT2D eigenvalue weighted by atomic mass is 16.2. The van der Waals surface area contributed by atoms with E-state index in [1.165, 1.54) is 5.56 Å². The molecule has 3 aromatic carbocycles. The summed E-state index contributed by atoms with van der Waals surface area (Å²) < 4.78 is 0. The third-order valence-corrected chi connectivity index (χ3v) is 5.87. The van der Waals surface area contributed by atoms with Gasteiger partial charge in [0, 0.05) is 36.4 Å². The summed E-state index contributed by atoms with van der Waals surface area (Å²) >= 11 is 0. The Kier molecular flexibility index (Phi) is 7.37. The molecule has 170 valence electrons. The SMILES string of the molecule is [NH3+]CCc1cccc(N[C@H](C(=O)Nc2ccc(N3CCCCC3=O)cc2)c2ccccc2)c1. The lowest BCUT2D eigenvalue weighted by molar-refractivity contribution is -0.366. The highest BCUT2D eigenvalue weighted by molar-refractivity contribution is 5.98. The van der Waals surface area contributed by atoms with Crippen LogP contribution in [0.15, 0.2) is 78.9 Å². The first-order valence-electron chi connectivity index (χ1n) is 11.5. The average molecular weight is 444 g/mol. The second-order valence-electron chi connectivity index (χ2n) is 8.33. The molecule has 2 amide bonds. The van der Waals surface area contributed by atoms with Crippen molar-refractivity contribution in [3.8, 4) is 0 Å². The summed E-state index contributed by atoms with van der Waals surface area (Å²) in [5.74, 6) is 0.0121. The molecule has 0 spiro atoms. The van der Waals surface area contributed by atoms with E-state index in [0.717, 1.165) is 49.3 Å². The average Bonchev–Trinajstić information content (AvgIpc) is 2.84. The van der Waals surface area contributed by atoms with Crippen LogP contribution in [0.5, 0.6) is 0 Å². The Balaban J connectivity index is 1.51. The largest absolute Gasteiger partial charge is 0.370 e. The van der Waals surface area contributed by atoms with Crippen molar-refractivity contribution in [2.24, 2.45) is 0 Å². The topological polar surface area (TPSA) is 89.1 Å². The molecule has 1 saturated heterocycles. The predicted octanol–water partition coefficient (Wildman–Crippen LogP) is 3.78. The second kappa shape index (κ2) is 10.8. The molecular formula is C27H31N4O2+. The maximum absolute atomic E-state index is 13.3. The van der Waals surface area contributed by atoms with Crippen molar-refractivity contribution in [3.05, 3.63) is 90.0 Å². The van der Waals surface area contributed by atoms with E-state index in [9.17, 15) is 9.59 Å². The number of carbonyl (C=O) groups excluding carboxylic acids is 2. The summed E-state index contributed by atoms with van der Waals surface area (Å²) in [5, 5.41) is 6.42. The Morgan fingerprint density at radius 2 is 1.73 bits per heavy atom. The third kappa shape index (κ3) is 5.79. The van der Waals surface area contributed by atoms with Crippen molar-refractivity contribution >= 4 is 28.9 Å². The van der Waals surface area contributed by atoms with Crippen LogP contribution in [0.2, 0.25) is 0 Å². The molecule has 5 N–H and O–H groups in total. The molecule has 1 aliphatic heterocycles. The Bertz CT molecular complexity index is 1080. The monoisotopic (exact) mass is 443 g/mol. The maximum Gasteiger partial charge on any atom is 0.251 e. The molecule has 0 aromatic heterocycles. The Morgan fingerprint density at radius 1 is 0.939 bits per heavy atom. The number of anilines is 3. The summed E-state index contributed by atoms with van der Waals surface area (Å²) in [6, 6.07) is 24.7. The van der Waals surface area contributed by atoms with Crippen molar-refractivity contribution in [2.45, 2.75) is 31.7 Å². The van der Waals surface area contributed by atoms with E-state index >= 15 is 0 Å². The zero-order chi connectivity index (χ0) is 23.0. The molecule has 4 rings (SSSR count). The van der Waals surface area contributed by atoms with Gasteiger partial charge in [-0.15, -0.1) is 0 Å². The molecule has 0 radical (unpaired) electrons. The number of carbonyl (C=O) groups is 2. The summed E-state index contributed by atoms with van der Waals surface area (Å²) in [5.41, 5.74) is 8.46. The van der Waals surface area contributed by atoms with Gasteiger partial charge in [0.05, 0.1) is 6.54 Å². The Labute approximate surface area is 194 Å². The second-order valence-corrected chi connectivity index (χ2v) is 8.33.